The second-order valence-corrected chi connectivity index (χ2v) is 7.21. The Balaban J connectivity index is 1.48. The number of aryl methyl sites for hydroxylation is 1. The van der Waals surface area contributed by atoms with Crippen molar-refractivity contribution in [2.24, 2.45) is 0 Å². The zero-order valence-corrected chi connectivity index (χ0v) is 14.1. The van der Waals surface area contributed by atoms with Crippen LogP contribution in [-0.4, -0.2) is 29.8 Å². The van der Waals surface area contributed by atoms with Crippen molar-refractivity contribution in [1.82, 2.24) is 4.90 Å². The van der Waals surface area contributed by atoms with E-state index >= 15 is 0 Å². The van der Waals surface area contributed by atoms with Crippen LogP contribution in [0.2, 0.25) is 0 Å². The number of carbonyl (C=O) groups excluding carboxylic acids is 2. The zero-order chi connectivity index (χ0) is 17.0. The second kappa shape index (κ2) is 5.45. The number of nitrogens with zero attached hydrogens (tertiary/aromatic N) is 2. The average molecular weight is 332 g/mol. The summed E-state index contributed by atoms with van der Waals surface area (Å²) in [5, 5.41) is 0. The zero-order valence-electron chi connectivity index (χ0n) is 14.1. The van der Waals surface area contributed by atoms with Gasteiger partial charge in [0.1, 0.15) is 0 Å². The maximum atomic E-state index is 13.1. The topological polar surface area (TPSA) is 40.6 Å². The van der Waals surface area contributed by atoms with E-state index < -0.39 is 0 Å². The Morgan fingerprint density at radius 1 is 0.920 bits per heavy atom. The maximum absolute atomic E-state index is 13.1. The highest BCUT2D eigenvalue weighted by atomic mass is 16.2. The van der Waals surface area contributed by atoms with E-state index in [2.05, 4.69) is 18.2 Å². The highest BCUT2D eigenvalue weighted by Crippen LogP contribution is 2.38. The predicted octanol–water partition coefficient (Wildman–Crippen LogP) is 2.72. The molecule has 0 saturated heterocycles. The molecule has 0 atom stereocenters. The van der Waals surface area contributed by atoms with E-state index in [9.17, 15) is 9.59 Å². The van der Waals surface area contributed by atoms with E-state index in [1.165, 1.54) is 11.1 Å². The maximum Gasteiger partial charge on any atom is 0.254 e. The fourth-order valence-corrected chi connectivity index (χ4v) is 4.45. The van der Waals surface area contributed by atoms with E-state index in [0.717, 1.165) is 54.7 Å². The molecule has 3 heterocycles. The molecule has 2 aromatic rings. The van der Waals surface area contributed by atoms with Crippen LogP contribution in [0.5, 0.6) is 0 Å². The Morgan fingerprint density at radius 2 is 1.72 bits per heavy atom. The standard InChI is InChI=1S/C21H20N2O2/c24-19-12-17-11-18(10-15-6-3-8-23(19)20(15)17)21(25)22-9-7-14-4-1-2-5-16(14)13-22/h1-2,4-5,10-11H,3,6-9,12-13H2. The van der Waals surface area contributed by atoms with Crippen LogP contribution in [0.3, 0.4) is 0 Å². The Labute approximate surface area is 147 Å². The molecule has 0 aromatic heterocycles. The number of rotatable bonds is 1. The Kier molecular flexibility index (Phi) is 3.20. The lowest BCUT2D eigenvalue weighted by Crippen LogP contribution is -2.36. The van der Waals surface area contributed by atoms with Gasteiger partial charge in [-0.15, -0.1) is 0 Å². The van der Waals surface area contributed by atoms with Crippen molar-refractivity contribution in [1.29, 1.82) is 0 Å². The van der Waals surface area contributed by atoms with Crippen LogP contribution in [0.4, 0.5) is 5.69 Å². The van der Waals surface area contributed by atoms with Gasteiger partial charge >= 0.3 is 0 Å². The van der Waals surface area contributed by atoms with Gasteiger partial charge in [-0.1, -0.05) is 24.3 Å². The van der Waals surface area contributed by atoms with Gasteiger partial charge in [-0.2, -0.15) is 0 Å². The van der Waals surface area contributed by atoms with Gasteiger partial charge in [0.15, 0.2) is 0 Å². The molecule has 5 rings (SSSR count). The summed E-state index contributed by atoms with van der Waals surface area (Å²) in [5.41, 5.74) is 6.60. The number of fused-ring (bicyclic) bond motifs is 1. The molecule has 4 heteroatoms. The third kappa shape index (κ3) is 2.28. The minimum absolute atomic E-state index is 0.0880. The summed E-state index contributed by atoms with van der Waals surface area (Å²) in [4.78, 5) is 29.1. The van der Waals surface area contributed by atoms with Gasteiger partial charge in [-0.3, -0.25) is 9.59 Å². The number of anilines is 1. The van der Waals surface area contributed by atoms with E-state index in [-0.39, 0.29) is 11.8 Å². The number of hydrogen-bond acceptors (Lipinski definition) is 2. The molecule has 0 saturated carbocycles. The molecule has 0 fully saturated rings. The molecule has 0 bridgehead atoms. The quantitative estimate of drug-likeness (QED) is 0.806. The second-order valence-electron chi connectivity index (χ2n) is 7.21. The molecule has 0 radical (unpaired) electrons. The van der Waals surface area contributed by atoms with Crippen LogP contribution < -0.4 is 4.90 Å². The van der Waals surface area contributed by atoms with Gasteiger partial charge in [0.05, 0.1) is 12.1 Å². The first-order chi connectivity index (χ1) is 12.2. The van der Waals surface area contributed by atoms with Crippen LogP contribution in [0, 0.1) is 0 Å². The number of benzene rings is 2. The molecule has 0 unspecified atom stereocenters. The van der Waals surface area contributed by atoms with Gasteiger partial charge in [-0.05, 0) is 53.6 Å². The molecular formula is C21H20N2O2. The van der Waals surface area contributed by atoms with Gasteiger partial charge in [-0.25, -0.2) is 0 Å². The Morgan fingerprint density at radius 3 is 2.60 bits per heavy atom. The van der Waals surface area contributed by atoms with Crippen molar-refractivity contribution in [3.05, 3.63) is 64.2 Å². The Hall–Kier alpha value is -2.62. The number of amides is 2. The molecule has 3 aliphatic heterocycles. The molecule has 126 valence electrons. The van der Waals surface area contributed by atoms with Crippen LogP contribution in [-0.2, 0) is 30.6 Å². The summed E-state index contributed by atoms with van der Waals surface area (Å²) in [6.45, 7) is 2.24. The molecule has 2 amide bonds. The molecule has 3 aliphatic rings. The lowest BCUT2D eigenvalue weighted by Gasteiger charge is -2.30. The van der Waals surface area contributed by atoms with Crippen molar-refractivity contribution < 1.29 is 9.59 Å². The molecule has 4 nitrogen and oxygen atoms in total. The van der Waals surface area contributed by atoms with E-state index in [4.69, 9.17) is 0 Å². The molecule has 25 heavy (non-hydrogen) atoms. The van der Waals surface area contributed by atoms with Crippen molar-refractivity contribution in [2.75, 3.05) is 18.0 Å². The minimum Gasteiger partial charge on any atom is -0.334 e. The molecular weight excluding hydrogens is 312 g/mol. The highest BCUT2D eigenvalue weighted by molar-refractivity contribution is 6.04. The van der Waals surface area contributed by atoms with Crippen LogP contribution in [0.25, 0.3) is 0 Å². The molecule has 0 spiro atoms. The summed E-state index contributed by atoms with van der Waals surface area (Å²) in [5.74, 6) is 0.262. The first-order valence-electron chi connectivity index (χ1n) is 9.03. The minimum atomic E-state index is 0.0880. The fourth-order valence-electron chi connectivity index (χ4n) is 4.45. The monoisotopic (exact) mass is 332 g/mol. The summed E-state index contributed by atoms with van der Waals surface area (Å²) >= 11 is 0. The smallest absolute Gasteiger partial charge is 0.254 e. The van der Waals surface area contributed by atoms with E-state index in [1.54, 1.807) is 0 Å². The summed E-state index contributed by atoms with van der Waals surface area (Å²) in [7, 11) is 0. The van der Waals surface area contributed by atoms with Crippen LogP contribution >= 0.6 is 0 Å². The van der Waals surface area contributed by atoms with Crippen molar-refractivity contribution in [3.63, 3.8) is 0 Å². The van der Waals surface area contributed by atoms with Crippen LogP contribution in [0.1, 0.15) is 39.0 Å². The van der Waals surface area contributed by atoms with Gasteiger partial charge < -0.3 is 9.80 Å². The van der Waals surface area contributed by atoms with Crippen molar-refractivity contribution in [3.8, 4) is 0 Å². The normalized spacial score (nSPS) is 18.2. The van der Waals surface area contributed by atoms with Gasteiger partial charge in [0, 0.05) is 25.2 Å². The fraction of sp³-hybridized carbons (Fsp3) is 0.333. The first-order valence-corrected chi connectivity index (χ1v) is 9.03. The largest absolute Gasteiger partial charge is 0.334 e. The first kappa shape index (κ1) is 14.7. The molecule has 0 aliphatic carbocycles. The van der Waals surface area contributed by atoms with E-state index in [0.29, 0.717) is 13.0 Å². The summed E-state index contributed by atoms with van der Waals surface area (Å²) in [6.07, 6.45) is 3.28. The third-order valence-corrected chi connectivity index (χ3v) is 5.67. The van der Waals surface area contributed by atoms with Crippen molar-refractivity contribution in [2.45, 2.75) is 32.2 Å². The molecule has 0 N–H and O–H groups in total. The summed E-state index contributed by atoms with van der Waals surface area (Å²) in [6, 6.07) is 12.3. The number of hydrogen-bond donors (Lipinski definition) is 0. The average Bonchev–Trinajstić information content (AvgIpc) is 2.98. The Bertz CT molecular complexity index is 903. The summed E-state index contributed by atoms with van der Waals surface area (Å²) < 4.78 is 0. The lowest BCUT2D eigenvalue weighted by atomic mass is 9.95. The predicted molar refractivity (Wildman–Crippen MR) is 95.7 cm³/mol. The molecule has 2 aromatic carbocycles. The van der Waals surface area contributed by atoms with Crippen LogP contribution in [0.15, 0.2) is 36.4 Å². The SMILES string of the molecule is O=C(c1cc2c3c(c1)CC(=O)N3CCC2)N1CCc2ccccc2C1. The lowest BCUT2D eigenvalue weighted by molar-refractivity contribution is -0.117. The van der Waals surface area contributed by atoms with Gasteiger partial charge in [0.25, 0.3) is 5.91 Å². The number of carbonyl (C=O) groups is 2. The van der Waals surface area contributed by atoms with Crippen molar-refractivity contribution >= 4 is 17.5 Å². The highest BCUT2D eigenvalue weighted by Gasteiger charge is 2.33. The third-order valence-electron chi connectivity index (χ3n) is 5.67. The van der Waals surface area contributed by atoms with Gasteiger partial charge in [0.2, 0.25) is 5.91 Å². The van der Waals surface area contributed by atoms with E-state index in [1.807, 2.05) is 28.0 Å².